The molecular formula is C27H38N2. The summed E-state index contributed by atoms with van der Waals surface area (Å²) in [7, 11) is 0. The van der Waals surface area contributed by atoms with E-state index >= 15 is 0 Å². The Bertz CT molecular complexity index is 797. The third-order valence-electron chi connectivity index (χ3n) is 5.13. The topological polar surface area (TPSA) is 24.7 Å². The number of hydrogen-bond acceptors (Lipinski definition) is 2. The molecule has 0 saturated heterocycles. The van der Waals surface area contributed by atoms with E-state index in [4.69, 9.17) is 9.98 Å². The minimum absolute atomic E-state index is 0.419. The number of rotatable bonds is 8. The van der Waals surface area contributed by atoms with Gasteiger partial charge in [-0.3, -0.25) is 0 Å². The second-order valence-corrected chi connectivity index (χ2v) is 9.54. The molecule has 29 heavy (non-hydrogen) atoms. The lowest BCUT2D eigenvalue weighted by Gasteiger charge is -2.15. The van der Waals surface area contributed by atoms with Crippen LogP contribution in [0.4, 0.5) is 11.4 Å². The largest absolute Gasteiger partial charge is 0.187 e. The zero-order valence-electron chi connectivity index (χ0n) is 19.6. The summed E-state index contributed by atoms with van der Waals surface area (Å²) >= 11 is 0. The van der Waals surface area contributed by atoms with Gasteiger partial charge in [0.15, 0.2) is 0 Å². The molecule has 0 aliphatic rings. The van der Waals surface area contributed by atoms with Gasteiger partial charge >= 0.3 is 0 Å². The van der Waals surface area contributed by atoms with Crippen LogP contribution in [0.25, 0.3) is 0 Å². The van der Waals surface area contributed by atoms with Gasteiger partial charge in [0.05, 0.1) is 11.4 Å². The summed E-state index contributed by atoms with van der Waals surface area (Å²) in [6, 6.07) is 16.1. The molecule has 0 aliphatic heterocycles. The highest BCUT2D eigenvalue weighted by Gasteiger charge is 2.13. The van der Waals surface area contributed by atoms with Crippen LogP contribution in [0.5, 0.6) is 0 Å². The molecule has 0 aliphatic carbocycles. The van der Waals surface area contributed by atoms with Crippen molar-refractivity contribution in [3.8, 4) is 0 Å². The van der Waals surface area contributed by atoms with E-state index in [1.54, 1.807) is 0 Å². The minimum atomic E-state index is 0.419. The van der Waals surface area contributed by atoms with Gasteiger partial charge in [-0.2, -0.15) is 9.98 Å². The molecule has 0 unspecified atom stereocenters. The number of para-hydroxylation sites is 2. The summed E-state index contributed by atoms with van der Waals surface area (Å²) in [5.74, 6) is 2.01. The smallest absolute Gasteiger partial charge is 0.101 e. The van der Waals surface area contributed by atoms with Gasteiger partial charge < -0.3 is 0 Å². The third-order valence-corrected chi connectivity index (χ3v) is 5.13. The van der Waals surface area contributed by atoms with Gasteiger partial charge in [-0.25, -0.2) is 0 Å². The van der Waals surface area contributed by atoms with Crippen LogP contribution in [-0.4, -0.2) is 6.01 Å². The van der Waals surface area contributed by atoms with Crippen molar-refractivity contribution in [2.45, 2.75) is 80.1 Å². The molecule has 0 spiro atoms. The Balaban J connectivity index is 2.57. The number of hydrogen-bond donors (Lipinski definition) is 0. The van der Waals surface area contributed by atoms with Crippen LogP contribution < -0.4 is 0 Å². The SMILES string of the molecule is CC(C)Cc1cccc(C(C)C)c1N=C=Nc1c(CC(C)C)cccc1C(C)C. The molecule has 156 valence electrons. The lowest BCUT2D eigenvalue weighted by molar-refractivity contribution is 0.646. The summed E-state index contributed by atoms with van der Waals surface area (Å²) in [5.41, 5.74) is 7.21. The van der Waals surface area contributed by atoms with Gasteiger partial charge in [0.1, 0.15) is 6.01 Å². The minimum Gasteiger partial charge on any atom is -0.187 e. The molecule has 2 nitrogen and oxygen atoms in total. The van der Waals surface area contributed by atoms with Crippen molar-refractivity contribution in [2.24, 2.45) is 21.8 Å². The average Bonchev–Trinajstić information content (AvgIpc) is 2.62. The fraction of sp³-hybridized carbons (Fsp3) is 0.519. The van der Waals surface area contributed by atoms with Crippen molar-refractivity contribution >= 4 is 17.4 Å². The summed E-state index contributed by atoms with van der Waals surface area (Å²) < 4.78 is 0. The number of nitrogens with zero attached hydrogens (tertiary/aromatic N) is 2. The molecule has 2 heteroatoms. The normalized spacial score (nSPS) is 11.4. The fourth-order valence-corrected chi connectivity index (χ4v) is 3.76. The van der Waals surface area contributed by atoms with Crippen LogP contribution in [0, 0.1) is 11.8 Å². The maximum Gasteiger partial charge on any atom is 0.101 e. The summed E-state index contributed by atoms with van der Waals surface area (Å²) in [6.07, 6.45) is 2.03. The summed E-state index contributed by atoms with van der Waals surface area (Å²) in [6.45, 7) is 17.9. The highest BCUT2D eigenvalue weighted by molar-refractivity contribution is 5.66. The van der Waals surface area contributed by atoms with Crippen molar-refractivity contribution in [1.29, 1.82) is 0 Å². The summed E-state index contributed by atoms with van der Waals surface area (Å²) in [4.78, 5) is 9.56. The molecule has 0 aromatic heterocycles. The Kier molecular flexibility index (Phi) is 8.41. The molecule has 2 aromatic rings. The number of aliphatic imine (C=N–C) groups is 2. The Labute approximate surface area is 178 Å². The van der Waals surface area contributed by atoms with E-state index in [0.717, 1.165) is 24.2 Å². The molecule has 2 aromatic carbocycles. The van der Waals surface area contributed by atoms with Gasteiger partial charge in [-0.1, -0.05) is 91.8 Å². The lowest BCUT2D eigenvalue weighted by atomic mass is 9.93. The highest BCUT2D eigenvalue weighted by Crippen LogP contribution is 2.33. The summed E-state index contributed by atoms with van der Waals surface area (Å²) in [5, 5.41) is 0. The Morgan fingerprint density at radius 3 is 1.31 bits per heavy atom. The molecule has 0 heterocycles. The van der Waals surface area contributed by atoms with Gasteiger partial charge in [0, 0.05) is 0 Å². The molecule has 0 amide bonds. The first-order valence-corrected chi connectivity index (χ1v) is 11.1. The molecule has 0 saturated carbocycles. The number of benzene rings is 2. The Morgan fingerprint density at radius 1 is 0.621 bits per heavy atom. The molecule has 2 rings (SSSR count). The van der Waals surface area contributed by atoms with Gasteiger partial charge in [0.25, 0.3) is 0 Å². The maximum atomic E-state index is 4.78. The van der Waals surface area contributed by atoms with Crippen molar-refractivity contribution in [3.05, 3.63) is 58.7 Å². The van der Waals surface area contributed by atoms with Crippen LogP contribution in [0.2, 0.25) is 0 Å². The van der Waals surface area contributed by atoms with Gasteiger partial charge in [-0.15, -0.1) is 0 Å². The second-order valence-electron chi connectivity index (χ2n) is 9.54. The molecular weight excluding hydrogens is 352 g/mol. The van der Waals surface area contributed by atoms with Crippen LogP contribution in [-0.2, 0) is 12.8 Å². The van der Waals surface area contributed by atoms with E-state index in [1.165, 1.54) is 22.3 Å². The van der Waals surface area contributed by atoms with Gasteiger partial charge in [-0.05, 0) is 58.8 Å². The molecule has 0 atom stereocenters. The molecule has 0 radical (unpaired) electrons. The van der Waals surface area contributed by atoms with E-state index in [0.29, 0.717) is 23.7 Å². The van der Waals surface area contributed by atoms with Crippen LogP contribution >= 0.6 is 0 Å². The van der Waals surface area contributed by atoms with Crippen LogP contribution in [0.15, 0.2) is 46.4 Å². The van der Waals surface area contributed by atoms with Crippen molar-refractivity contribution in [3.63, 3.8) is 0 Å². The van der Waals surface area contributed by atoms with Crippen LogP contribution in [0.3, 0.4) is 0 Å². The standard InChI is InChI=1S/C27H38N2/c1-18(2)15-22-11-9-13-24(20(5)6)26(22)28-17-29-27-23(16-19(3)4)12-10-14-25(27)21(7)8/h9-14,18-21H,15-16H2,1-8H3. The van der Waals surface area contributed by atoms with Crippen LogP contribution in [0.1, 0.15) is 89.5 Å². The van der Waals surface area contributed by atoms with E-state index in [-0.39, 0.29) is 0 Å². The zero-order valence-corrected chi connectivity index (χ0v) is 19.6. The molecule has 0 N–H and O–H groups in total. The Morgan fingerprint density at radius 2 is 1.00 bits per heavy atom. The van der Waals surface area contributed by atoms with Crippen molar-refractivity contribution < 1.29 is 0 Å². The van der Waals surface area contributed by atoms with E-state index in [2.05, 4.69) is 97.8 Å². The first-order chi connectivity index (χ1) is 13.7. The predicted molar refractivity (Wildman–Crippen MR) is 127 cm³/mol. The quantitative estimate of drug-likeness (QED) is 0.404. The molecule has 0 bridgehead atoms. The maximum absolute atomic E-state index is 4.78. The zero-order chi connectivity index (χ0) is 21.6. The second kappa shape index (κ2) is 10.6. The lowest BCUT2D eigenvalue weighted by Crippen LogP contribution is -1.98. The van der Waals surface area contributed by atoms with E-state index in [1.807, 2.05) is 0 Å². The molecule has 0 fully saturated rings. The first kappa shape index (κ1) is 23.1. The van der Waals surface area contributed by atoms with E-state index in [9.17, 15) is 0 Å². The van der Waals surface area contributed by atoms with Crippen molar-refractivity contribution in [2.75, 3.05) is 0 Å². The third kappa shape index (κ3) is 6.41. The highest BCUT2D eigenvalue weighted by atomic mass is 14.8. The fourth-order valence-electron chi connectivity index (χ4n) is 3.76. The van der Waals surface area contributed by atoms with E-state index < -0.39 is 0 Å². The monoisotopic (exact) mass is 390 g/mol. The Hall–Kier alpha value is -2.18. The first-order valence-electron chi connectivity index (χ1n) is 11.1. The van der Waals surface area contributed by atoms with Gasteiger partial charge in [0.2, 0.25) is 0 Å². The average molecular weight is 391 g/mol. The van der Waals surface area contributed by atoms with Crippen molar-refractivity contribution in [1.82, 2.24) is 0 Å². The predicted octanol–water partition coefficient (Wildman–Crippen LogP) is 8.47.